The molecule has 0 atom stereocenters. The van der Waals surface area contributed by atoms with Crippen molar-refractivity contribution in [1.82, 2.24) is 35.0 Å². The van der Waals surface area contributed by atoms with Gasteiger partial charge in [-0.25, -0.2) is 24.7 Å². The molecule has 13 heteroatoms. The third-order valence-corrected chi connectivity index (χ3v) is 7.96. The van der Waals surface area contributed by atoms with Crippen molar-refractivity contribution in [3.05, 3.63) is 47.7 Å². The summed E-state index contributed by atoms with van der Waals surface area (Å²) >= 11 is 1.75. The molecule has 0 aliphatic carbocycles. The number of aromatic nitrogens is 6. The van der Waals surface area contributed by atoms with Crippen LogP contribution >= 0.6 is 11.8 Å². The van der Waals surface area contributed by atoms with Crippen LogP contribution in [0, 0.1) is 13.8 Å². The van der Waals surface area contributed by atoms with Crippen LogP contribution in [-0.4, -0.2) is 90.2 Å². The Morgan fingerprint density at radius 2 is 1.80 bits per heavy atom. The van der Waals surface area contributed by atoms with Crippen LogP contribution in [-0.2, 0) is 0 Å². The molecule has 41 heavy (non-hydrogen) atoms. The van der Waals surface area contributed by atoms with Gasteiger partial charge in [-0.2, -0.15) is 5.10 Å². The fourth-order valence-corrected chi connectivity index (χ4v) is 5.51. The van der Waals surface area contributed by atoms with Gasteiger partial charge >= 0.3 is 5.97 Å². The summed E-state index contributed by atoms with van der Waals surface area (Å²) in [4.78, 5) is 34.0. The summed E-state index contributed by atoms with van der Waals surface area (Å²) in [7, 11) is 0. The molecule has 0 radical (unpaired) electrons. The number of rotatable bonds is 9. The van der Waals surface area contributed by atoms with Crippen LogP contribution in [0.4, 0.5) is 17.6 Å². The Labute approximate surface area is 243 Å². The number of carboxylic acid groups (broad SMARTS) is 1. The number of hydrogen-bond acceptors (Lipinski definition) is 11. The molecule has 3 aromatic heterocycles. The molecule has 1 aliphatic rings. The van der Waals surface area contributed by atoms with Crippen molar-refractivity contribution in [2.75, 3.05) is 49.5 Å². The van der Waals surface area contributed by atoms with Crippen molar-refractivity contribution in [2.24, 2.45) is 0 Å². The number of aromatic amines is 1. The summed E-state index contributed by atoms with van der Waals surface area (Å²) in [5.74, 6) is 1.78. The lowest BCUT2D eigenvalue weighted by atomic mass is 10.2. The van der Waals surface area contributed by atoms with Gasteiger partial charge < -0.3 is 20.1 Å². The Morgan fingerprint density at radius 3 is 2.44 bits per heavy atom. The average Bonchev–Trinajstić information content (AvgIpc) is 3.25. The molecule has 4 aromatic rings. The van der Waals surface area contributed by atoms with Gasteiger partial charge in [-0.1, -0.05) is 20.8 Å². The van der Waals surface area contributed by atoms with E-state index in [1.54, 1.807) is 18.1 Å². The highest BCUT2D eigenvalue weighted by atomic mass is 32.2. The molecule has 1 fully saturated rings. The van der Waals surface area contributed by atoms with E-state index in [1.165, 1.54) is 12.4 Å². The zero-order chi connectivity index (χ0) is 29.1. The standard InChI is InChI=1S/C28H35N9O3S/c1-17-18(2)34-35-24(17)33-25-20-12-23(41-28(3,4)5)22(13-21(20)31-16-32-25)40-11-10-36-6-8-37(9-7-36)27-29-14-19(15-30-27)26(38)39/h12-16H,6-11H2,1-5H3,(H,38,39)(H2,31,32,33,34,35). The summed E-state index contributed by atoms with van der Waals surface area (Å²) in [6, 6.07) is 4.10. The minimum Gasteiger partial charge on any atom is -0.491 e. The van der Waals surface area contributed by atoms with Crippen molar-refractivity contribution in [1.29, 1.82) is 0 Å². The number of hydrogen-bond donors (Lipinski definition) is 3. The molecule has 216 valence electrons. The van der Waals surface area contributed by atoms with Gasteiger partial charge in [-0.05, 0) is 19.9 Å². The average molecular weight is 578 g/mol. The van der Waals surface area contributed by atoms with E-state index in [-0.39, 0.29) is 10.3 Å². The van der Waals surface area contributed by atoms with Gasteiger partial charge in [-0.3, -0.25) is 10.00 Å². The molecular formula is C28H35N9O3S. The van der Waals surface area contributed by atoms with Crippen LogP contribution in [0.3, 0.4) is 0 Å². The maximum absolute atomic E-state index is 11.1. The lowest BCUT2D eigenvalue weighted by Gasteiger charge is -2.34. The van der Waals surface area contributed by atoms with Crippen molar-refractivity contribution in [3.63, 3.8) is 0 Å². The van der Waals surface area contributed by atoms with Gasteiger partial charge in [0.15, 0.2) is 5.82 Å². The number of aromatic carboxylic acids is 1. The van der Waals surface area contributed by atoms with E-state index in [2.05, 4.69) is 72.1 Å². The Hall–Kier alpha value is -3.97. The number of piperazine rings is 1. The van der Waals surface area contributed by atoms with Crippen molar-refractivity contribution in [3.8, 4) is 5.75 Å². The third kappa shape index (κ3) is 6.85. The maximum atomic E-state index is 11.1. The van der Waals surface area contributed by atoms with E-state index in [4.69, 9.17) is 9.84 Å². The van der Waals surface area contributed by atoms with Crippen molar-refractivity contribution in [2.45, 2.75) is 44.3 Å². The predicted molar refractivity (Wildman–Crippen MR) is 160 cm³/mol. The number of anilines is 3. The largest absolute Gasteiger partial charge is 0.491 e. The predicted octanol–water partition coefficient (Wildman–Crippen LogP) is 4.29. The summed E-state index contributed by atoms with van der Waals surface area (Å²) in [6.45, 7) is 15.1. The SMILES string of the molecule is Cc1[nH]nc(Nc2ncnc3cc(OCCN4CCN(c5ncc(C(=O)O)cn5)CC4)c(SC(C)(C)C)cc23)c1C. The molecule has 5 rings (SSSR count). The number of ether oxygens (including phenoxy) is 1. The number of benzene rings is 1. The van der Waals surface area contributed by atoms with Crippen molar-refractivity contribution >= 4 is 46.2 Å². The topological polar surface area (TPSA) is 145 Å². The minimum absolute atomic E-state index is 0.0218. The molecular weight excluding hydrogens is 542 g/mol. The first-order valence-corrected chi connectivity index (χ1v) is 14.3. The summed E-state index contributed by atoms with van der Waals surface area (Å²) < 4.78 is 6.35. The molecule has 1 saturated heterocycles. The fourth-order valence-electron chi connectivity index (χ4n) is 4.46. The highest BCUT2D eigenvalue weighted by molar-refractivity contribution is 8.00. The van der Waals surface area contributed by atoms with E-state index in [9.17, 15) is 4.79 Å². The van der Waals surface area contributed by atoms with Crippen LogP contribution in [0.25, 0.3) is 10.9 Å². The monoisotopic (exact) mass is 577 g/mol. The van der Waals surface area contributed by atoms with Gasteiger partial charge in [0.25, 0.3) is 0 Å². The molecule has 0 bridgehead atoms. The van der Waals surface area contributed by atoms with Crippen molar-refractivity contribution < 1.29 is 14.6 Å². The fraction of sp³-hybridized carbons (Fsp3) is 0.429. The Bertz CT molecular complexity index is 1530. The second-order valence-electron chi connectivity index (χ2n) is 11.0. The highest BCUT2D eigenvalue weighted by Gasteiger charge is 2.21. The second-order valence-corrected chi connectivity index (χ2v) is 12.8. The van der Waals surface area contributed by atoms with Gasteiger partial charge in [-0.15, -0.1) is 11.8 Å². The van der Waals surface area contributed by atoms with E-state index in [1.807, 2.05) is 19.9 Å². The van der Waals surface area contributed by atoms with Gasteiger partial charge in [0, 0.05) is 72.6 Å². The summed E-state index contributed by atoms with van der Waals surface area (Å²) in [5.41, 5.74) is 2.94. The van der Waals surface area contributed by atoms with E-state index >= 15 is 0 Å². The quantitative estimate of drug-likeness (QED) is 0.244. The molecule has 1 aromatic carbocycles. The number of fused-ring (bicyclic) bond motifs is 1. The number of nitrogens with one attached hydrogen (secondary N) is 2. The number of aryl methyl sites for hydroxylation is 1. The summed E-state index contributed by atoms with van der Waals surface area (Å²) in [6.07, 6.45) is 4.26. The van der Waals surface area contributed by atoms with E-state index in [0.717, 1.165) is 71.3 Å². The molecule has 0 spiro atoms. The highest BCUT2D eigenvalue weighted by Crippen LogP contribution is 2.41. The maximum Gasteiger partial charge on any atom is 0.338 e. The first kappa shape index (κ1) is 28.6. The molecule has 0 amide bonds. The smallest absolute Gasteiger partial charge is 0.338 e. The van der Waals surface area contributed by atoms with E-state index in [0.29, 0.717) is 18.4 Å². The number of carboxylic acids is 1. The molecule has 3 N–H and O–H groups in total. The van der Waals surface area contributed by atoms with Gasteiger partial charge in [0.05, 0.1) is 16.0 Å². The molecule has 0 saturated carbocycles. The zero-order valence-corrected chi connectivity index (χ0v) is 24.7. The number of H-pyrrole nitrogens is 1. The van der Waals surface area contributed by atoms with Crippen LogP contribution in [0.5, 0.6) is 5.75 Å². The van der Waals surface area contributed by atoms with Gasteiger partial charge in [0.2, 0.25) is 5.95 Å². The second kappa shape index (κ2) is 11.9. The molecule has 4 heterocycles. The number of carbonyl (C=O) groups is 1. The lowest BCUT2D eigenvalue weighted by molar-refractivity contribution is 0.0696. The Balaban J connectivity index is 1.26. The van der Waals surface area contributed by atoms with Crippen LogP contribution < -0.4 is 15.0 Å². The van der Waals surface area contributed by atoms with Gasteiger partial charge in [0.1, 0.15) is 24.5 Å². The zero-order valence-electron chi connectivity index (χ0n) is 23.9. The molecule has 1 aliphatic heterocycles. The van der Waals surface area contributed by atoms with Crippen LogP contribution in [0.2, 0.25) is 0 Å². The normalized spacial score (nSPS) is 14.4. The minimum atomic E-state index is -1.03. The molecule has 12 nitrogen and oxygen atoms in total. The first-order chi connectivity index (χ1) is 19.6. The molecule has 0 unspecified atom stereocenters. The number of nitrogens with zero attached hydrogens (tertiary/aromatic N) is 7. The van der Waals surface area contributed by atoms with Crippen LogP contribution in [0.15, 0.2) is 35.7 Å². The third-order valence-electron chi connectivity index (χ3n) is 6.81. The van der Waals surface area contributed by atoms with Crippen LogP contribution in [0.1, 0.15) is 42.4 Å². The summed E-state index contributed by atoms with van der Waals surface area (Å²) in [5, 5.41) is 20.7. The van der Waals surface area contributed by atoms with E-state index < -0.39 is 5.97 Å². The Morgan fingerprint density at radius 1 is 1.07 bits per heavy atom. The lowest BCUT2D eigenvalue weighted by Crippen LogP contribution is -2.48. The first-order valence-electron chi connectivity index (χ1n) is 13.5. The Kier molecular flexibility index (Phi) is 8.27. The number of thioether (sulfide) groups is 1.